The molecule has 7 nitrogen and oxygen atoms in total. The molecule has 7 heteroatoms. The van der Waals surface area contributed by atoms with Gasteiger partial charge in [0, 0.05) is 20.0 Å². The molecule has 2 aromatic heterocycles. The molecule has 0 saturated carbocycles. The van der Waals surface area contributed by atoms with Crippen molar-refractivity contribution in [2.24, 2.45) is 7.05 Å². The number of hydrogen-bond acceptors (Lipinski definition) is 6. The first-order valence-electron chi connectivity index (χ1n) is 7.06. The average molecular weight is 285 g/mol. The standard InChI is InChI=1S/C14H19N7/c1-4-10-11(8-15)14(20-18-12(10)5-2)16-7-6-13-19-17-9-21(13)3/h9H,4-7H2,1-3H3,(H,16,20). The largest absolute Gasteiger partial charge is 0.367 e. The van der Waals surface area contributed by atoms with E-state index >= 15 is 0 Å². The molecule has 0 saturated heterocycles. The highest BCUT2D eigenvalue weighted by Crippen LogP contribution is 2.19. The summed E-state index contributed by atoms with van der Waals surface area (Å²) in [5.74, 6) is 1.43. The van der Waals surface area contributed by atoms with Crippen molar-refractivity contribution in [2.45, 2.75) is 33.1 Å². The Morgan fingerprint density at radius 1 is 1.24 bits per heavy atom. The van der Waals surface area contributed by atoms with Crippen LogP contribution in [0.25, 0.3) is 0 Å². The van der Waals surface area contributed by atoms with Gasteiger partial charge in [-0.3, -0.25) is 0 Å². The molecule has 0 atom stereocenters. The maximum absolute atomic E-state index is 9.39. The predicted molar refractivity (Wildman–Crippen MR) is 78.7 cm³/mol. The van der Waals surface area contributed by atoms with E-state index in [2.05, 4.69) is 31.8 Å². The zero-order valence-electron chi connectivity index (χ0n) is 12.6. The van der Waals surface area contributed by atoms with Gasteiger partial charge in [-0.15, -0.1) is 15.3 Å². The minimum atomic E-state index is 0.550. The smallest absolute Gasteiger partial charge is 0.166 e. The number of nitrogens with zero attached hydrogens (tertiary/aromatic N) is 6. The summed E-state index contributed by atoms with van der Waals surface area (Å²) < 4.78 is 1.87. The van der Waals surface area contributed by atoms with Crippen molar-refractivity contribution in [1.29, 1.82) is 5.26 Å². The van der Waals surface area contributed by atoms with E-state index in [1.54, 1.807) is 6.33 Å². The highest BCUT2D eigenvalue weighted by atomic mass is 15.2. The minimum Gasteiger partial charge on any atom is -0.367 e. The van der Waals surface area contributed by atoms with E-state index in [9.17, 15) is 5.26 Å². The van der Waals surface area contributed by atoms with Crippen LogP contribution in [0.3, 0.4) is 0 Å². The number of hydrogen-bond donors (Lipinski definition) is 1. The fraction of sp³-hybridized carbons (Fsp3) is 0.500. The number of rotatable bonds is 6. The summed E-state index contributed by atoms with van der Waals surface area (Å²) in [6, 6.07) is 2.25. The molecule has 21 heavy (non-hydrogen) atoms. The highest BCUT2D eigenvalue weighted by molar-refractivity contribution is 5.56. The van der Waals surface area contributed by atoms with Crippen molar-refractivity contribution in [3.05, 3.63) is 29.0 Å². The Hall–Kier alpha value is -2.49. The Kier molecular flexibility index (Phi) is 4.82. The molecule has 2 rings (SSSR count). The first kappa shape index (κ1) is 14.9. The van der Waals surface area contributed by atoms with Crippen LogP contribution in [-0.2, 0) is 26.3 Å². The quantitative estimate of drug-likeness (QED) is 0.859. The van der Waals surface area contributed by atoms with Crippen molar-refractivity contribution in [2.75, 3.05) is 11.9 Å². The maximum Gasteiger partial charge on any atom is 0.166 e. The first-order chi connectivity index (χ1) is 10.2. The SMILES string of the molecule is CCc1nnc(NCCc2nncn2C)c(C#N)c1CC. The fourth-order valence-corrected chi connectivity index (χ4v) is 2.24. The lowest BCUT2D eigenvalue weighted by atomic mass is 10.0. The van der Waals surface area contributed by atoms with Gasteiger partial charge in [0.25, 0.3) is 0 Å². The molecule has 0 aliphatic heterocycles. The minimum absolute atomic E-state index is 0.550. The van der Waals surface area contributed by atoms with E-state index in [1.807, 2.05) is 25.5 Å². The van der Waals surface area contributed by atoms with Gasteiger partial charge >= 0.3 is 0 Å². The van der Waals surface area contributed by atoms with Crippen LogP contribution in [0.1, 0.15) is 36.5 Å². The lowest BCUT2D eigenvalue weighted by Gasteiger charge is -2.11. The van der Waals surface area contributed by atoms with Crippen LogP contribution in [0.5, 0.6) is 0 Å². The summed E-state index contributed by atoms with van der Waals surface area (Å²) in [4.78, 5) is 0. The summed E-state index contributed by atoms with van der Waals surface area (Å²) in [7, 11) is 1.90. The number of aromatic nitrogens is 5. The van der Waals surface area contributed by atoms with Crippen LogP contribution in [0.4, 0.5) is 5.82 Å². The molecule has 2 aromatic rings. The third-order valence-electron chi connectivity index (χ3n) is 3.40. The van der Waals surface area contributed by atoms with Crippen LogP contribution in [0.2, 0.25) is 0 Å². The molecule has 0 spiro atoms. The number of anilines is 1. The van der Waals surface area contributed by atoms with Gasteiger partial charge in [-0.25, -0.2) is 0 Å². The fourth-order valence-electron chi connectivity index (χ4n) is 2.24. The van der Waals surface area contributed by atoms with Gasteiger partial charge in [0.15, 0.2) is 5.82 Å². The van der Waals surface area contributed by atoms with Crippen LogP contribution in [-0.4, -0.2) is 31.5 Å². The van der Waals surface area contributed by atoms with Crippen LogP contribution >= 0.6 is 0 Å². The van der Waals surface area contributed by atoms with E-state index in [1.165, 1.54) is 0 Å². The number of aryl methyl sites for hydroxylation is 2. The van der Waals surface area contributed by atoms with Crippen molar-refractivity contribution >= 4 is 5.82 Å². The molecule has 0 bridgehead atoms. The number of nitriles is 1. The Morgan fingerprint density at radius 2 is 2.05 bits per heavy atom. The van der Waals surface area contributed by atoms with Crippen molar-refractivity contribution in [3.63, 3.8) is 0 Å². The maximum atomic E-state index is 9.39. The zero-order valence-corrected chi connectivity index (χ0v) is 12.6. The van der Waals surface area contributed by atoms with Crippen LogP contribution < -0.4 is 5.32 Å². The monoisotopic (exact) mass is 285 g/mol. The summed E-state index contributed by atoms with van der Waals surface area (Å²) in [6.07, 6.45) is 3.94. The summed E-state index contributed by atoms with van der Waals surface area (Å²) in [5, 5.41) is 28.8. The van der Waals surface area contributed by atoms with Gasteiger partial charge in [0.05, 0.1) is 5.69 Å². The Labute approximate surface area is 124 Å². The molecule has 0 aliphatic rings. The summed E-state index contributed by atoms with van der Waals surface area (Å²) >= 11 is 0. The molecule has 2 heterocycles. The Balaban J connectivity index is 2.13. The van der Waals surface area contributed by atoms with Gasteiger partial charge < -0.3 is 9.88 Å². The van der Waals surface area contributed by atoms with Crippen LogP contribution in [0, 0.1) is 11.3 Å². The number of nitrogens with one attached hydrogen (secondary N) is 1. The molecule has 0 unspecified atom stereocenters. The summed E-state index contributed by atoms with van der Waals surface area (Å²) in [6.45, 7) is 4.68. The normalized spacial score (nSPS) is 10.4. The molecule has 0 aliphatic carbocycles. The van der Waals surface area contributed by atoms with E-state index in [4.69, 9.17) is 0 Å². The second kappa shape index (κ2) is 6.79. The van der Waals surface area contributed by atoms with E-state index in [0.29, 0.717) is 24.3 Å². The van der Waals surface area contributed by atoms with Gasteiger partial charge in [-0.2, -0.15) is 10.4 Å². The lowest BCUT2D eigenvalue weighted by molar-refractivity contribution is 0.783. The van der Waals surface area contributed by atoms with Gasteiger partial charge in [-0.1, -0.05) is 13.8 Å². The molecular formula is C14H19N7. The van der Waals surface area contributed by atoms with Crippen molar-refractivity contribution in [1.82, 2.24) is 25.0 Å². The van der Waals surface area contributed by atoms with E-state index < -0.39 is 0 Å². The third-order valence-corrected chi connectivity index (χ3v) is 3.40. The van der Waals surface area contributed by atoms with Gasteiger partial charge in [-0.05, 0) is 18.4 Å². The summed E-state index contributed by atoms with van der Waals surface area (Å²) in [5.41, 5.74) is 2.48. The van der Waals surface area contributed by atoms with Gasteiger partial charge in [0.2, 0.25) is 0 Å². The zero-order chi connectivity index (χ0) is 15.2. The molecule has 0 aromatic carbocycles. The molecule has 110 valence electrons. The van der Waals surface area contributed by atoms with Crippen LogP contribution in [0.15, 0.2) is 6.33 Å². The Bertz CT molecular complexity index is 654. The topological polar surface area (TPSA) is 92.3 Å². The van der Waals surface area contributed by atoms with Crippen molar-refractivity contribution in [3.8, 4) is 6.07 Å². The predicted octanol–water partition coefficient (Wildman–Crippen LogP) is 1.26. The molecule has 0 fully saturated rings. The first-order valence-corrected chi connectivity index (χ1v) is 7.06. The van der Waals surface area contributed by atoms with E-state index in [0.717, 1.165) is 29.9 Å². The lowest BCUT2D eigenvalue weighted by Crippen LogP contribution is -2.13. The average Bonchev–Trinajstić information content (AvgIpc) is 2.91. The second-order valence-corrected chi connectivity index (χ2v) is 4.70. The second-order valence-electron chi connectivity index (χ2n) is 4.70. The molecule has 0 radical (unpaired) electrons. The Morgan fingerprint density at radius 3 is 2.62 bits per heavy atom. The molecule has 0 amide bonds. The third kappa shape index (κ3) is 3.16. The van der Waals surface area contributed by atoms with Gasteiger partial charge in [0.1, 0.15) is 23.8 Å². The van der Waals surface area contributed by atoms with Crippen molar-refractivity contribution < 1.29 is 0 Å². The van der Waals surface area contributed by atoms with E-state index in [-0.39, 0.29) is 0 Å². The molecular weight excluding hydrogens is 266 g/mol. The molecule has 1 N–H and O–H groups in total. The highest BCUT2D eigenvalue weighted by Gasteiger charge is 2.14.